The smallest absolute Gasteiger partial charge is 0.261 e. The van der Waals surface area contributed by atoms with Crippen LogP contribution in [0.3, 0.4) is 0 Å². The molecule has 0 saturated heterocycles. The van der Waals surface area contributed by atoms with Gasteiger partial charge in [0.05, 0.1) is 0 Å². The van der Waals surface area contributed by atoms with E-state index in [0.717, 1.165) is 18.6 Å². The summed E-state index contributed by atoms with van der Waals surface area (Å²) in [5, 5.41) is 2.98. The second-order valence-electron chi connectivity index (χ2n) is 6.21. The Morgan fingerprint density at radius 1 is 1.00 bits per heavy atom. The molecule has 0 heterocycles. The predicted octanol–water partition coefficient (Wildman–Crippen LogP) is 4.21. The molecule has 1 amide bonds. The van der Waals surface area contributed by atoms with Crippen LogP contribution in [-0.2, 0) is 11.2 Å². The zero-order chi connectivity index (χ0) is 17.4. The predicted molar refractivity (Wildman–Crippen MR) is 98.4 cm³/mol. The van der Waals surface area contributed by atoms with Crippen molar-refractivity contribution in [3.8, 4) is 5.75 Å². The van der Waals surface area contributed by atoms with Crippen molar-refractivity contribution < 1.29 is 9.53 Å². The van der Waals surface area contributed by atoms with Gasteiger partial charge in [-0.1, -0.05) is 54.4 Å². The monoisotopic (exact) mass is 325 g/mol. The summed E-state index contributed by atoms with van der Waals surface area (Å²) in [7, 11) is 0. The van der Waals surface area contributed by atoms with E-state index in [1.165, 1.54) is 16.7 Å². The minimum atomic E-state index is -0.438. The minimum absolute atomic E-state index is 0.0398. The highest BCUT2D eigenvalue weighted by atomic mass is 16.5. The van der Waals surface area contributed by atoms with Gasteiger partial charge in [0.25, 0.3) is 5.91 Å². The highest BCUT2D eigenvalue weighted by molar-refractivity contribution is 5.81. The molecule has 0 saturated carbocycles. The molecule has 0 spiro atoms. The van der Waals surface area contributed by atoms with Crippen molar-refractivity contribution in [1.29, 1.82) is 0 Å². The molecule has 0 aliphatic rings. The maximum Gasteiger partial charge on any atom is 0.261 e. The lowest BCUT2D eigenvalue weighted by atomic mass is 10.1. The third kappa shape index (κ3) is 5.73. The topological polar surface area (TPSA) is 38.3 Å². The van der Waals surface area contributed by atoms with Gasteiger partial charge in [0.1, 0.15) is 5.75 Å². The van der Waals surface area contributed by atoms with Gasteiger partial charge in [-0.2, -0.15) is 0 Å². The number of amides is 1. The Bertz CT molecular complexity index is 632. The lowest BCUT2D eigenvalue weighted by Gasteiger charge is -2.17. The largest absolute Gasteiger partial charge is 0.481 e. The lowest BCUT2D eigenvalue weighted by Crippen LogP contribution is -2.38. The Morgan fingerprint density at radius 2 is 1.58 bits per heavy atom. The Morgan fingerprint density at radius 3 is 2.17 bits per heavy atom. The maximum absolute atomic E-state index is 12.3. The van der Waals surface area contributed by atoms with Crippen LogP contribution in [0.25, 0.3) is 0 Å². The third-order valence-electron chi connectivity index (χ3n) is 4.02. The first-order valence-electron chi connectivity index (χ1n) is 8.65. The minimum Gasteiger partial charge on any atom is -0.481 e. The standard InChI is InChI=1S/C21H27NO2/c1-4-20(24-19-13-9-17(3)10-14-19)21(23)22-15-5-6-18-11-7-16(2)8-12-18/h7-14,20H,4-6,15H2,1-3H3,(H,22,23)/t20-/m1/s1. The fourth-order valence-corrected chi connectivity index (χ4v) is 2.48. The van der Waals surface area contributed by atoms with Crippen LogP contribution in [0, 0.1) is 13.8 Å². The zero-order valence-corrected chi connectivity index (χ0v) is 14.8. The van der Waals surface area contributed by atoms with Crippen molar-refractivity contribution in [3.05, 3.63) is 65.2 Å². The highest BCUT2D eigenvalue weighted by Gasteiger charge is 2.17. The van der Waals surface area contributed by atoms with Crippen molar-refractivity contribution in [3.63, 3.8) is 0 Å². The van der Waals surface area contributed by atoms with E-state index in [0.29, 0.717) is 13.0 Å². The molecule has 1 atom stereocenters. The van der Waals surface area contributed by atoms with Crippen molar-refractivity contribution in [1.82, 2.24) is 5.32 Å². The van der Waals surface area contributed by atoms with Crippen LogP contribution < -0.4 is 10.1 Å². The number of aryl methyl sites for hydroxylation is 3. The molecule has 2 aromatic carbocycles. The number of ether oxygens (including phenoxy) is 1. The molecular formula is C21H27NO2. The van der Waals surface area contributed by atoms with E-state index < -0.39 is 6.10 Å². The normalized spacial score (nSPS) is 11.8. The summed E-state index contributed by atoms with van der Waals surface area (Å²) in [6.45, 7) is 6.75. The van der Waals surface area contributed by atoms with E-state index in [-0.39, 0.29) is 5.91 Å². The van der Waals surface area contributed by atoms with Crippen molar-refractivity contribution in [2.45, 2.75) is 46.1 Å². The molecule has 128 valence electrons. The zero-order valence-electron chi connectivity index (χ0n) is 14.8. The molecule has 0 unspecified atom stereocenters. The fourth-order valence-electron chi connectivity index (χ4n) is 2.48. The number of rotatable bonds is 8. The van der Waals surface area contributed by atoms with E-state index in [1.54, 1.807) is 0 Å². The number of nitrogens with one attached hydrogen (secondary N) is 1. The van der Waals surface area contributed by atoms with Gasteiger partial charge in [-0.05, 0) is 50.8 Å². The Kier molecular flexibility index (Phi) is 6.86. The number of hydrogen-bond donors (Lipinski definition) is 1. The molecule has 0 fully saturated rings. The van der Waals surface area contributed by atoms with Crippen LogP contribution >= 0.6 is 0 Å². The molecule has 2 aromatic rings. The fraction of sp³-hybridized carbons (Fsp3) is 0.381. The third-order valence-corrected chi connectivity index (χ3v) is 4.02. The van der Waals surface area contributed by atoms with Crippen molar-refractivity contribution >= 4 is 5.91 Å². The summed E-state index contributed by atoms with van der Waals surface area (Å²) in [5.74, 6) is 0.698. The number of carbonyl (C=O) groups is 1. The second-order valence-corrected chi connectivity index (χ2v) is 6.21. The van der Waals surface area contributed by atoms with E-state index in [4.69, 9.17) is 4.74 Å². The van der Waals surface area contributed by atoms with Gasteiger partial charge < -0.3 is 10.1 Å². The Balaban J connectivity index is 1.75. The molecule has 3 nitrogen and oxygen atoms in total. The van der Waals surface area contributed by atoms with E-state index in [2.05, 4.69) is 36.5 Å². The Hall–Kier alpha value is -2.29. The quantitative estimate of drug-likeness (QED) is 0.738. The molecule has 24 heavy (non-hydrogen) atoms. The average molecular weight is 325 g/mol. The molecule has 3 heteroatoms. The number of benzene rings is 2. The summed E-state index contributed by atoms with van der Waals surface area (Å²) < 4.78 is 5.80. The number of hydrogen-bond acceptors (Lipinski definition) is 2. The van der Waals surface area contributed by atoms with Crippen LogP contribution in [-0.4, -0.2) is 18.6 Å². The molecule has 0 aromatic heterocycles. The summed E-state index contributed by atoms with van der Waals surface area (Å²) in [6, 6.07) is 16.3. The summed E-state index contributed by atoms with van der Waals surface area (Å²) in [5.41, 5.74) is 3.75. The summed E-state index contributed by atoms with van der Waals surface area (Å²) in [4.78, 5) is 12.3. The van der Waals surface area contributed by atoms with Gasteiger partial charge in [-0.15, -0.1) is 0 Å². The first kappa shape index (κ1) is 18.1. The van der Waals surface area contributed by atoms with E-state index in [9.17, 15) is 4.79 Å². The molecule has 0 radical (unpaired) electrons. The van der Waals surface area contributed by atoms with Gasteiger partial charge in [0.15, 0.2) is 6.10 Å². The van der Waals surface area contributed by atoms with Crippen LogP contribution in [0.4, 0.5) is 0 Å². The number of carbonyl (C=O) groups excluding carboxylic acids is 1. The highest BCUT2D eigenvalue weighted by Crippen LogP contribution is 2.14. The average Bonchev–Trinajstić information content (AvgIpc) is 2.59. The van der Waals surface area contributed by atoms with Crippen molar-refractivity contribution in [2.24, 2.45) is 0 Å². The first-order chi connectivity index (χ1) is 11.6. The molecular weight excluding hydrogens is 298 g/mol. The molecule has 0 aliphatic heterocycles. The van der Waals surface area contributed by atoms with Crippen LogP contribution in [0.2, 0.25) is 0 Å². The SMILES string of the molecule is CC[C@@H](Oc1ccc(C)cc1)C(=O)NCCCc1ccc(C)cc1. The van der Waals surface area contributed by atoms with Crippen molar-refractivity contribution in [2.75, 3.05) is 6.54 Å². The Labute approximate surface area is 145 Å². The van der Waals surface area contributed by atoms with Gasteiger partial charge >= 0.3 is 0 Å². The van der Waals surface area contributed by atoms with E-state index in [1.807, 2.05) is 38.1 Å². The van der Waals surface area contributed by atoms with Gasteiger partial charge in [-0.25, -0.2) is 0 Å². The molecule has 0 bridgehead atoms. The summed E-state index contributed by atoms with van der Waals surface area (Å²) >= 11 is 0. The van der Waals surface area contributed by atoms with Crippen LogP contribution in [0.15, 0.2) is 48.5 Å². The van der Waals surface area contributed by atoms with Gasteiger partial charge in [0.2, 0.25) is 0 Å². The maximum atomic E-state index is 12.3. The second kappa shape index (κ2) is 9.11. The van der Waals surface area contributed by atoms with Crippen LogP contribution in [0.1, 0.15) is 36.5 Å². The lowest BCUT2D eigenvalue weighted by molar-refractivity contribution is -0.128. The van der Waals surface area contributed by atoms with Crippen LogP contribution in [0.5, 0.6) is 5.75 Å². The van der Waals surface area contributed by atoms with Gasteiger partial charge in [-0.3, -0.25) is 4.79 Å². The first-order valence-corrected chi connectivity index (χ1v) is 8.65. The molecule has 0 aliphatic carbocycles. The molecule has 2 rings (SSSR count). The van der Waals surface area contributed by atoms with E-state index >= 15 is 0 Å². The molecule has 1 N–H and O–H groups in total. The summed E-state index contributed by atoms with van der Waals surface area (Å²) in [6.07, 6.45) is 2.11. The van der Waals surface area contributed by atoms with Gasteiger partial charge in [0, 0.05) is 6.54 Å².